The Kier molecular flexibility index (Phi) is 4.14. The number of aliphatic imine (C=N–C) groups is 1. The number of aliphatic carboxylic acids is 1. The lowest BCUT2D eigenvalue weighted by Gasteiger charge is -2.20. The van der Waals surface area contributed by atoms with E-state index in [4.69, 9.17) is 0 Å². The summed E-state index contributed by atoms with van der Waals surface area (Å²) in [5, 5.41) is 21.0. The van der Waals surface area contributed by atoms with Crippen LogP contribution in [0.25, 0.3) is 17.0 Å². The molecule has 0 radical (unpaired) electrons. The molecule has 130 valence electrons. The molecule has 0 amide bonds. The van der Waals surface area contributed by atoms with Crippen LogP contribution >= 0.6 is 0 Å². The van der Waals surface area contributed by atoms with Gasteiger partial charge in [-0.25, -0.2) is 4.79 Å². The first-order chi connectivity index (χ1) is 12.6. The van der Waals surface area contributed by atoms with E-state index in [1.807, 2.05) is 60.8 Å². The Morgan fingerprint density at radius 2 is 1.92 bits per heavy atom. The van der Waals surface area contributed by atoms with Gasteiger partial charge in [-0.2, -0.15) is 0 Å². The summed E-state index contributed by atoms with van der Waals surface area (Å²) in [4.78, 5) is 19.4. The molecule has 3 N–H and O–H groups in total. The maximum absolute atomic E-state index is 11.8. The number of nitrogens with one attached hydrogen (secondary N) is 1. The number of benzene rings is 2. The van der Waals surface area contributed by atoms with Crippen molar-refractivity contribution < 1.29 is 15.0 Å². The smallest absolute Gasteiger partial charge is 0.328 e. The Morgan fingerprint density at radius 3 is 2.77 bits per heavy atom. The quantitative estimate of drug-likeness (QED) is 0.679. The number of carboxylic acids is 1. The van der Waals surface area contributed by atoms with Gasteiger partial charge in [-0.15, -0.1) is 0 Å². The van der Waals surface area contributed by atoms with E-state index in [-0.39, 0.29) is 6.42 Å². The van der Waals surface area contributed by atoms with Crippen molar-refractivity contribution in [1.82, 2.24) is 4.98 Å². The highest BCUT2D eigenvalue weighted by Gasteiger charge is 2.24. The number of carboxylic acid groups (broad SMARTS) is 1. The van der Waals surface area contributed by atoms with Crippen LogP contribution in [0.2, 0.25) is 0 Å². The predicted octanol–water partition coefficient (Wildman–Crippen LogP) is 3.04. The van der Waals surface area contributed by atoms with Gasteiger partial charge in [0.15, 0.2) is 6.04 Å². The third-order valence-electron chi connectivity index (χ3n) is 4.64. The second kappa shape index (κ2) is 6.61. The van der Waals surface area contributed by atoms with Crippen molar-refractivity contribution in [3.63, 3.8) is 0 Å². The molecule has 5 heteroatoms. The SMILES string of the molecule is O=C(O)[C@H](Cc1c[nH]c2ccccc12)N=C1c2ccccc2C=CC1O. The zero-order chi connectivity index (χ0) is 18.1. The van der Waals surface area contributed by atoms with E-state index in [1.165, 1.54) is 0 Å². The van der Waals surface area contributed by atoms with E-state index < -0.39 is 18.1 Å². The van der Waals surface area contributed by atoms with Gasteiger partial charge in [-0.3, -0.25) is 4.99 Å². The number of aromatic amines is 1. The number of hydrogen-bond donors (Lipinski definition) is 3. The molecule has 0 aliphatic heterocycles. The second-order valence-electron chi connectivity index (χ2n) is 6.32. The topological polar surface area (TPSA) is 85.7 Å². The summed E-state index contributed by atoms with van der Waals surface area (Å²) in [6, 6.07) is 14.3. The summed E-state index contributed by atoms with van der Waals surface area (Å²) in [5.41, 5.74) is 3.95. The molecule has 1 aliphatic carbocycles. The lowest BCUT2D eigenvalue weighted by Crippen LogP contribution is -2.29. The van der Waals surface area contributed by atoms with Crippen LogP contribution in [0.5, 0.6) is 0 Å². The maximum atomic E-state index is 11.8. The highest BCUT2D eigenvalue weighted by atomic mass is 16.4. The average molecular weight is 346 g/mol. The van der Waals surface area contributed by atoms with Gasteiger partial charge < -0.3 is 15.2 Å². The fourth-order valence-corrected chi connectivity index (χ4v) is 3.33. The van der Waals surface area contributed by atoms with Crippen LogP contribution in [-0.2, 0) is 11.2 Å². The molecule has 1 aromatic heterocycles. The monoisotopic (exact) mass is 346 g/mol. The van der Waals surface area contributed by atoms with Crippen LogP contribution in [0.1, 0.15) is 16.7 Å². The minimum Gasteiger partial charge on any atom is -0.480 e. The third-order valence-corrected chi connectivity index (χ3v) is 4.64. The van der Waals surface area contributed by atoms with Gasteiger partial charge in [0.05, 0.1) is 5.71 Å². The van der Waals surface area contributed by atoms with Crippen LogP contribution in [0.3, 0.4) is 0 Å². The van der Waals surface area contributed by atoms with Crippen LogP contribution in [0.4, 0.5) is 0 Å². The lowest BCUT2D eigenvalue weighted by atomic mass is 9.93. The zero-order valence-electron chi connectivity index (χ0n) is 14.0. The summed E-state index contributed by atoms with van der Waals surface area (Å²) in [6.45, 7) is 0. The maximum Gasteiger partial charge on any atom is 0.328 e. The van der Waals surface area contributed by atoms with Gasteiger partial charge in [0.2, 0.25) is 0 Å². The molecular formula is C21H18N2O3. The number of carbonyl (C=O) groups is 1. The highest BCUT2D eigenvalue weighted by molar-refractivity contribution is 6.10. The molecule has 1 heterocycles. The normalized spacial score (nSPS) is 18.8. The number of aliphatic hydroxyl groups excluding tert-OH is 1. The standard InChI is InChI=1S/C21H18N2O3/c24-19-10-9-13-5-1-2-7-16(13)20(19)23-18(21(25)26)11-14-12-22-17-8-4-3-6-15(14)17/h1-10,12,18-19,22,24H,11H2,(H,25,26)/t18-,19?/m0/s1. The number of aromatic nitrogens is 1. The summed E-state index contributed by atoms with van der Waals surface area (Å²) in [6.07, 6.45) is 4.63. The molecule has 1 aliphatic rings. The number of fused-ring (bicyclic) bond motifs is 2. The molecule has 1 unspecified atom stereocenters. The van der Waals surface area contributed by atoms with E-state index >= 15 is 0 Å². The second-order valence-corrected chi connectivity index (χ2v) is 6.32. The van der Waals surface area contributed by atoms with Crippen molar-refractivity contribution in [2.24, 2.45) is 4.99 Å². The largest absolute Gasteiger partial charge is 0.480 e. The van der Waals surface area contributed by atoms with Gasteiger partial charge in [0, 0.05) is 29.1 Å². The Balaban J connectivity index is 1.72. The first-order valence-electron chi connectivity index (χ1n) is 8.44. The first kappa shape index (κ1) is 16.3. The Labute approximate surface area is 150 Å². The van der Waals surface area contributed by atoms with E-state index in [9.17, 15) is 15.0 Å². The molecule has 4 rings (SSSR count). The van der Waals surface area contributed by atoms with Crippen LogP contribution in [-0.4, -0.2) is 39.0 Å². The van der Waals surface area contributed by atoms with Crippen molar-refractivity contribution in [3.8, 4) is 0 Å². The molecular weight excluding hydrogens is 328 g/mol. The fraction of sp³-hybridized carbons (Fsp3) is 0.143. The molecule has 3 aromatic rings. The number of para-hydroxylation sites is 1. The van der Waals surface area contributed by atoms with E-state index in [0.717, 1.165) is 27.6 Å². The number of nitrogens with zero attached hydrogens (tertiary/aromatic N) is 1. The van der Waals surface area contributed by atoms with Crippen LogP contribution < -0.4 is 0 Å². The molecule has 0 saturated heterocycles. The minimum absolute atomic E-state index is 0.251. The number of rotatable bonds is 4. The van der Waals surface area contributed by atoms with Crippen molar-refractivity contribution in [3.05, 3.63) is 77.5 Å². The number of H-pyrrole nitrogens is 1. The van der Waals surface area contributed by atoms with E-state index in [1.54, 1.807) is 6.08 Å². The molecule has 26 heavy (non-hydrogen) atoms. The molecule has 2 aromatic carbocycles. The van der Waals surface area contributed by atoms with Crippen molar-refractivity contribution in [1.29, 1.82) is 0 Å². The van der Waals surface area contributed by atoms with Crippen LogP contribution in [0.15, 0.2) is 65.8 Å². The summed E-state index contributed by atoms with van der Waals surface area (Å²) in [5.74, 6) is -1.01. The zero-order valence-corrected chi connectivity index (χ0v) is 14.0. The Hall–Kier alpha value is -3.18. The highest BCUT2D eigenvalue weighted by Crippen LogP contribution is 2.23. The molecule has 5 nitrogen and oxygen atoms in total. The summed E-state index contributed by atoms with van der Waals surface area (Å²) >= 11 is 0. The van der Waals surface area contributed by atoms with Gasteiger partial charge >= 0.3 is 5.97 Å². The van der Waals surface area contributed by atoms with Crippen molar-refractivity contribution in [2.75, 3.05) is 0 Å². The third kappa shape index (κ3) is 2.93. The van der Waals surface area contributed by atoms with Crippen molar-refractivity contribution >= 4 is 28.7 Å². The Morgan fingerprint density at radius 1 is 1.15 bits per heavy atom. The van der Waals surface area contributed by atoms with Gasteiger partial charge in [0.1, 0.15) is 6.10 Å². The van der Waals surface area contributed by atoms with E-state index in [2.05, 4.69) is 9.98 Å². The lowest BCUT2D eigenvalue weighted by molar-refractivity contribution is -0.138. The van der Waals surface area contributed by atoms with Crippen molar-refractivity contribution in [2.45, 2.75) is 18.6 Å². The van der Waals surface area contributed by atoms with Gasteiger partial charge in [-0.1, -0.05) is 48.5 Å². The number of aliphatic hydroxyl groups is 1. The molecule has 0 bridgehead atoms. The summed E-state index contributed by atoms with van der Waals surface area (Å²) < 4.78 is 0. The molecule has 0 saturated carbocycles. The molecule has 0 spiro atoms. The Bertz CT molecular complexity index is 1030. The first-order valence-corrected chi connectivity index (χ1v) is 8.44. The average Bonchev–Trinajstić information content (AvgIpc) is 3.06. The van der Waals surface area contributed by atoms with E-state index in [0.29, 0.717) is 5.71 Å². The van der Waals surface area contributed by atoms with Gasteiger partial charge in [0.25, 0.3) is 0 Å². The van der Waals surface area contributed by atoms with Crippen LogP contribution in [0, 0.1) is 0 Å². The summed E-state index contributed by atoms with van der Waals surface area (Å²) in [7, 11) is 0. The predicted molar refractivity (Wildman–Crippen MR) is 101 cm³/mol. The molecule has 0 fully saturated rings. The molecule has 2 atom stereocenters. The minimum atomic E-state index is -1.01. The fourth-order valence-electron chi connectivity index (χ4n) is 3.33. The van der Waals surface area contributed by atoms with Gasteiger partial charge in [-0.05, 0) is 23.3 Å². The number of hydrogen-bond acceptors (Lipinski definition) is 3.